The number of aryl methyl sites for hydroxylation is 1. The van der Waals surface area contributed by atoms with Gasteiger partial charge >= 0.3 is 0 Å². The summed E-state index contributed by atoms with van der Waals surface area (Å²) in [7, 11) is 0. The number of nitrogens with one attached hydrogen (secondary N) is 1. The van der Waals surface area contributed by atoms with Crippen molar-refractivity contribution in [3.05, 3.63) is 40.7 Å². The summed E-state index contributed by atoms with van der Waals surface area (Å²) in [5.41, 5.74) is 2.46. The molecule has 8 nitrogen and oxygen atoms in total. The molecule has 1 aromatic carbocycles. The van der Waals surface area contributed by atoms with E-state index in [9.17, 15) is 4.79 Å². The Hall–Kier alpha value is -2.94. The van der Waals surface area contributed by atoms with Crippen LogP contribution in [-0.4, -0.2) is 28.0 Å². The van der Waals surface area contributed by atoms with Crippen LogP contribution in [0.5, 0.6) is 11.5 Å². The molecule has 122 valence electrons. The molecule has 0 saturated heterocycles. The first kappa shape index (κ1) is 14.6. The van der Waals surface area contributed by atoms with Gasteiger partial charge in [-0.05, 0) is 25.1 Å². The molecule has 3 aromatic rings. The topological polar surface area (TPSA) is 99.4 Å². The summed E-state index contributed by atoms with van der Waals surface area (Å²) in [6.07, 6.45) is 0. The molecule has 3 heterocycles. The Bertz CT molecular complexity index is 905. The Balaban J connectivity index is 1.48. The number of hydrogen-bond acceptors (Lipinski definition) is 8. The number of carbonyl (C=O) groups is 1. The Morgan fingerprint density at radius 2 is 2.17 bits per heavy atom. The van der Waals surface area contributed by atoms with Gasteiger partial charge in [0, 0.05) is 10.9 Å². The summed E-state index contributed by atoms with van der Waals surface area (Å²) in [5.74, 6) is 1.12. The third kappa shape index (κ3) is 2.69. The van der Waals surface area contributed by atoms with Crippen molar-refractivity contribution in [3.63, 3.8) is 0 Å². The summed E-state index contributed by atoms with van der Waals surface area (Å²) >= 11 is 1.39. The number of benzene rings is 1. The quantitative estimate of drug-likeness (QED) is 0.774. The molecule has 0 radical (unpaired) electrons. The first-order valence-electron chi connectivity index (χ1n) is 7.12. The van der Waals surface area contributed by atoms with Crippen LogP contribution >= 0.6 is 11.3 Å². The second-order valence-electron chi connectivity index (χ2n) is 5.08. The van der Waals surface area contributed by atoms with Gasteiger partial charge in [-0.25, -0.2) is 9.61 Å². The van der Waals surface area contributed by atoms with E-state index >= 15 is 0 Å². The Morgan fingerprint density at radius 1 is 1.29 bits per heavy atom. The SMILES string of the molecule is Cc1nonc1CNC(=O)c1csc(-c2ccc3c(c2)OCO3)n1. The lowest BCUT2D eigenvalue weighted by atomic mass is 10.2. The van der Waals surface area contributed by atoms with Crippen LogP contribution in [0.3, 0.4) is 0 Å². The lowest BCUT2D eigenvalue weighted by molar-refractivity contribution is 0.0945. The van der Waals surface area contributed by atoms with E-state index in [1.807, 2.05) is 18.2 Å². The van der Waals surface area contributed by atoms with Gasteiger partial charge in [0.1, 0.15) is 22.1 Å². The fourth-order valence-electron chi connectivity index (χ4n) is 2.20. The molecule has 0 fully saturated rings. The van der Waals surface area contributed by atoms with E-state index in [0.717, 1.165) is 10.6 Å². The maximum atomic E-state index is 12.2. The predicted octanol–water partition coefficient (Wildman–Crippen LogP) is 2.16. The number of nitrogens with zero attached hydrogens (tertiary/aromatic N) is 3. The maximum Gasteiger partial charge on any atom is 0.271 e. The first-order valence-corrected chi connectivity index (χ1v) is 8.00. The van der Waals surface area contributed by atoms with Gasteiger partial charge in [0.25, 0.3) is 5.91 Å². The van der Waals surface area contributed by atoms with E-state index in [0.29, 0.717) is 28.6 Å². The highest BCUT2D eigenvalue weighted by Gasteiger charge is 2.17. The van der Waals surface area contributed by atoms with E-state index < -0.39 is 0 Å². The van der Waals surface area contributed by atoms with Gasteiger partial charge in [-0.1, -0.05) is 10.3 Å². The van der Waals surface area contributed by atoms with Crippen LogP contribution in [0.2, 0.25) is 0 Å². The smallest absolute Gasteiger partial charge is 0.271 e. The lowest BCUT2D eigenvalue weighted by Gasteiger charge is -2.00. The lowest BCUT2D eigenvalue weighted by Crippen LogP contribution is -2.23. The van der Waals surface area contributed by atoms with Crippen molar-refractivity contribution in [2.75, 3.05) is 6.79 Å². The van der Waals surface area contributed by atoms with Crippen LogP contribution < -0.4 is 14.8 Å². The minimum Gasteiger partial charge on any atom is -0.454 e. The maximum absolute atomic E-state index is 12.2. The molecule has 0 atom stereocenters. The zero-order valence-corrected chi connectivity index (χ0v) is 13.4. The molecule has 9 heteroatoms. The van der Waals surface area contributed by atoms with Crippen molar-refractivity contribution < 1.29 is 18.9 Å². The molecule has 24 heavy (non-hydrogen) atoms. The van der Waals surface area contributed by atoms with Crippen molar-refractivity contribution in [1.82, 2.24) is 20.6 Å². The monoisotopic (exact) mass is 344 g/mol. The molecule has 1 N–H and O–H groups in total. The van der Waals surface area contributed by atoms with Gasteiger partial charge in [0.2, 0.25) is 6.79 Å². The van der Waals surface area contributed by atoms with Crippen LogP contribution in [0.25, 0.3) is 10.6 Å². The second kappa shape index (κ2) is 5.93. The summed E-state index contributed by atoms with van der Waals surface area (Å²) in [6, 6.07) is 5.57. The molecule has 1 amide bonds. The molecular weight excluding hydrogens is 332 g/mol. The van der Waals surface area contributed by atoms with E-state index in [4.69, 9.17) is 9.47 Å². The Labute approximate surface area is 140 Å². The number of rotatable bonds is 4. The zero-order valence-electron chi connectivity index (χ0n) is 12.6. The highest BCUT2D eigenvalue weighted by Crippen LogP contribution is 2.36. The number of carbonyl (C=O) groups excluding carboxylic acids is 1. The van der Waals surface area contributed by atoms with E-state index in [2.05, 4.69) is 25.2 Å². The number of fused-ring (bicyclic) bond motifs is 1. The Kier molecular flexibility index (Phi) is 3.62. The highest BCUT2D eigenvalue weighted by atomic mass is 32.1. The average Bonchev–Trinajstić information content (AvgIpc) is 3.32. The molecule has 4 rings (SSSR count). The van der Waals surface area contributed by atoms with Crippen LogP contribution in [-0.2, 0) is 6.54 Å². The van der Waals surface area contributed by atoms with Gasteiger partial charge in [-0.2, -0.15) is 0 Å². The highest BCUT2D eigenvalue weighted by molar-refractivity contribution is 7.13. The summed E-state index contributed by atoms with van der Waals surface area (Å²) in [6.45, 7) is 2.23. The first-order chi connectivity index (χ1) is 11.7. The third-order valence-electron chi connectivity index (χ3n) is 3.52. The van der Waals surface area contributed by atoms with Gasteiger partial charge in [0.15, 0.2) is 11.5 Å². The molecule has 0 aliphatic carbocycles. The van der Waals surface area contributed by atoms with Crippen LogP contribution in [0, 0.1) is 6.92 Å². The number of aromatic nitrogens is 3. The second-order valence-corrected chi connectivity index (χ2v) is 5.94. The van der Waals surface area contributed by atoms with E-state index in [1.54, 1.807) is 12.3 Å². The Morgan fingerprint density at radius 3 is 3.00 bits per heavy atom. The number of amides is 1. The van der Waals surface area contributed by atoms with Crippen LogP contribution in [0.4, 0.5) is 0 Å². The molecule has 0 unspecified atom stereocenters. The average molecular weight is 344 g/mol. The molecular formula is C15H12N4O4S. The van der Waals surface area contributed by atoms with Gasteiger partial charge in [0.05, 0.1) is 6.54 Å². The molecule has 0 bridgehead atoms. The minimum atomic E-state index is -0.277. The van der Waals surface area contributed by atoms with Gasteiger partial charge in [-0.3, -0.25) is 4.79 Å². The van der Waals surface area contributed by atoms with Crippen LogP contribution in [0.1, 0.15) is 21.9 Å². The fourth-order valence-corrected chi connectivity index (χ4v) is 3.00. The molecule has 1 aliphatic rings. The fraction of sp³-hybridized carbons (Fsp3) is 0.200. The normalized spacial score (nSPS) is 12.4. The minimum absolute atomic E-state index is 0.223. The molecule has 0 saturated carbocycles. The summed E-state index contributed by atoms with van der Waals surface area (Å²) < 4.78 is 15.2. The number of thiazole rings is 1. The van der Waals surface area contributed by atoms with E-state index in [1.165, 1.54) is 11.3 Å². The summed E-state index contributed by atoms with van der Waals surface area (Å²) in [4.78, 5) is 16.6. The largest absolute Gasteiger partial charge is 0.454 e. The van der Waals surface area contributed by atoms with Gasteiger partial charge < -0.3 is 14.8 Å². The number of hydrogen-bond donors (Lipinski definition) is 1. The van der Waals surface area contributed by atoms with Crippen molar-refractivity contribution in [2.45, 2.75) is 13.5 Å². The van der Waals surface area contributed by atoms with Crippen molar-refractivity contribution >= 4 is 17.2 Å². The van der Waals surface area contributed by atoms with Crippen molar-refractivity contribution in [1.29, 1.82) is 0 Å². The van der Waals surface area contributed by atoms with Crippen LogP contribution in [0.15, 0.2) is 28.2 Å². The number of ether oxygens (including phenoxy) is 2. The van der Waals surface area contributed by atoms with Gasteiger partial charge in [-0.15, -0.1) is 11.3 Å². The standard InChI is InChI=1S/C15H12N4O4S/c1-8-10(19-23-18-8)5-16-14(20)11-6-24-15(17-11)9-2-3-12-13(4-9)22-7-21-12/h2-4,6H,5,7H2,1H3,(H,16,20). The third-order valence-corrected chi connectivity index (χ3v) is 4.41. The molecule has 2 aromatic heterocycles. The van der Waals surface area contributed by atoms with Crippen molar-refractivity contribution in [2.24, 2.45) is 0 Å². The van der Waals surface area contributed by atoms with Crippen molar-refractivity contribution in [3.8, 4) is 22.1 Å². The zero-order chi connectivity index (χ0) is 16.5. The van der Waals surface area contributed by atoms with E-state index in [-0.39, 0.29) is 19.2 Å². The molecule has 0 spiro atoms. The molecule has 1 aliphatic heterocycles. The summed E-state index contributed by atoms with van der Waals surface area (Å²) in [5, 5.41) is 12.6. The predicted molar refractivity (Wildman–Crippen MR) is 83.9 cm³/mol.